The fourth-order valence-electron chi connectivity index (χ4n) is 2.25. The summed E-state index contributed by atoms with van der Waals surface area (Å²) in [6.45, 7) is 9.59. The normalized spacial score (nSPS) is 11.9. The number of hydrogen-bond acceptors (Lipinski definition) is 7. The van der Waals surface area contributed by atoms with Crippen LogP contribution < -0.4 is 14.9 Å². The molecule has 0 fully saturated rings. The van der Waals surface area contributed by atoms with E-state index in [1.54, 1.807) is 38.5 Å². The number of aryl methyl sites for hydroxylation is 2. The number of hydrogen-bond donors (Lipinski definition) is 1. The summed E-state index contributed by atoms with van der Waals surface area (Å²) < 4.78 is 10.8. The first-order chi connectivity index (χ1) is 13.4. The van der Waals surface area contributed by atoms with Gasteiger partial charge in [0.2, 0.25) is 0 Å². The van der Waals surface area contributed by atoms with Gasteiger partial charge in [0.15, 0.2) is 16.7 Å². The van der Waals surface area contributed by atoms with E-state index in [-0.39, 0.29) is 11.2 Å². The molecule has 0 aliphatic carbocycles. The van der Waals surface area contributed by atoms with Gasteiger partial charge in [-0.25, -0.2) is 15.4 Å². The number of rotatable bonds is 9. The Balaban J connectivity index is 1.95. The van der Waals surface area contributed by atoms with Crippen molar-refractivity contribution in [2.24, 2.45) is 5.10 Å². The Bertz CT molecular complexity index is 850. The third-order valence-electron chi connectivity index (χ3n) is 3.55. The van der Waals surface area contributed by atoms with Gasteiger partial charge in [-0.05, 0) is 50.6 Å². The van der Waals surface area contributed by atoms with Crippen molar-refractivity contribution in [2.45, 2.75) is 31.2 Å². The quantitative estimate of drug-likeness (QED) is 0.229. The lowest BCUT2D eigenvalue weighted by Crippen LogP contribution is -2.27. The minimum absolute atomic E-state index is 0.234. The van der Waals surface area contributed by atoms with Crippen molar-refractivity contribution in [3.05, 3.63) is 53.9 Å². The summed E-state index contributed by atoms with van der Waals surface area (Å²) in [6.07, 6.45) is 3.20. The predicted octanol–water partition coefficient (Wildman–Crippen LogP) is 3.30. The van der Waals surface area contributed by atoms with E-state index >= 15 is 0 Å². The van der Waals surface area contributed by atoms with Crippen LogP contribution in [0.3, 0.4) is 0 Å². The third kappa shape index (κ3) is 6.38. The number of ether oxygens (including phenoxy) is 2. The van der Waals surface area contributed by atoms with Gasteiger partial charge in [0.05, 0.1) is 18.6 Å². The minimum Gasteiger partial charge on any atom is -0.493 e. The highest BCUT2D eigenvalue weighted by Crippen LogP contribution is 2.27. The molecule has 0 aliphatic heterocycles. The third-order valence-corrected chi connectivity index (χ3v) is 4.51. The minimum atomic E-state index is -0.387. The number of carbonyl (C=O) groups is 1. The Morgan fingerprint density at radius 1 is 1.29 bits per heavy atom. The Labute approximate surface area is 169 Å². The molecule has 1 aromatic heterocycles. The molecule has 1 heterocycles. The molecule has 0 bridgehead atoms. The SMILES string of the molecule is C=CCOc1ccc(/C=N\NC(=O)[C@@H](C)Sc2nc(C)cc(C)n2)cc1OC. The first-order valence-corrected chi connectivity index (χ1v) is 9.54. The summed E-state index contributed by atoms with van der Waals surface area (Å²) in [7, 11) is 1.56. The van der Waals surface area contributed by atoms with E-state index in [9.17, 15) is 4.79 Å². The molecule has 7 nitrogen and oxygen atoms in total. The summed E-state index contributed by atoms with van der Waals surface area (Å²) in [5.74, 6) is 0.956. The number of benzene rings is 1. The monoisotopic (exact) mass is 400 g/mol. The van der Waals surface area contributed by atoms with Crippen LogP contribution in [-0.2, 0) is 4.79 Å². The van der Waals surface area contributed by atoms with Gasteiger partial charge in [-0.3, -0.25) is 4.79 Å². The van der Waals surface area contributed by atoms with Crippen LogP contribution in [0.25, 0.3) is 0 Å². The summed E-state index contributed by atoms with van der Waals surface area (Å²) >= 11 is 1.29. The van der Waals surface area contributed by atoms with Crippen molar-refractivity contribution in [3.63, 3.8) is 0 Å². The molecule has 148 valence electrons. The van der Waals surface area contributed by atoms with Gasteiger partial charge < -0.3 is 9.47 Å². The predicted molar refractivity (Wildman–Crippen MR) is 111 cm³/mol. The topological polar surface area (TPSA) is 85.7 Å². The van der Waals surface area contributed by atoms with Crippen molar-refractivity contribution in [1.29, 1.82) is 0 Å². The highest BCUT2D eigenvalue weighted by molar-refractivity contribution is 8.00. The van der Waals surface area contributed by atoms with Crippen LogP contribution in [-0.4, -0.2) is 41.1 Å². The number of nitrogens with zero attached hydrogens (tertiary/aromatic N) is 3. The lowest BCUT2D eigenvalue weighted by Gasteiger charge is -2.10. The smallest absolute Gasteiger partial charge is 0.253 e. The molecule has 1 N–H and O–H groups in total. The molecule has 1 aromatic carbocycles. The molecule has 0 spiro atoms. The fourth-order valence-corrected chi connectivity index (χ4v) is 3.12. The standard InChI is InChI=1S/C20H24N4O3S/c1-6-9-27-17-8-7-16(11-18(17)26-5)12-21-24-19(25)15(4)28-20-22-13(2)10-14(3)23-20/h6-8,10-12,15H,1,9H2,2-5H3,(H,24,25)/b21-12-/t15-/m1/s1. The van der Waals surface area contributed by atoms with Crippen LogP contribution in [0, 0.1) is 13.8 Å². The van der Waals surface area contributed by atoms with Gasteiger partial charge >= 0.3 is 0 Å². The molecule has 1 atom stereocenters. The average molecular weight is 401 g/mol. The van der Waals surface area contributed by atoms with Crippen LogP contribution in [0.5, 0.6) is 11.5 Å². The zero-order valence-electron chi connectivity index (χ0n) is 16.4. The van der Waals surface area contributed by atoms with E-state index < -0.39 is 0 Å². The maximum absolute atomic E-state index is 12.2. The average Bonchev–Trinajstić information content (AvgIpc) is 2.65. The number of aromatic nitrogens is 2. The van der Waals surface area contributed by atoms with E-state index in [0.29, 0.717) is 23.3 Å². The first kappa shape index (κ1) is 21.4. The lowest BCUT2D eigenvalue weighted by atomic mass is 10.2. The lowest BCUT2D eigenvalue weighted by molar-refractivity contribution is -0.120. The Morgan fingerprint density at radius 2 is 2.00 bits per heavy atom. The largest absolute Gasteiger partial charge is 0.493 e. The Morgan fingerprint density at radius 3 is 2.64 bits per heavy atom. The van der Waals surface area contributed by atoms with Crippen LogP contribution >= 0.6 is 11.8 Å². The van der Waals surface area contributed by atoms with Gasteiger partial charge in [-0.15, -0.1) is 0 Å². The summed E-state index contributed by atoms with van der Waals surface area (Å²) in [4.78, 5) is 20.9. The Kier molecular flexibility index (Phi) is 8.01. The number of thioether (sulfide) groups is 1. The number of methoxy groups -OCH3 is 1. The first-order valence-electron chi connectivity index (χ1n) is 8.66. The van der Waals surface area contributed by atoms with E-state index in [1.807, 2.05) is 26.0 Å². The van der Waals surface area contributed by atoms with Gasteiger partial charge in [0, 0.05) is 11.4 Å². The summed E-state index contributed by atoms with van der Waals surface area (Å²) in [5.41, 5.74) is 5.04. The van der Waals surface area contributed by atoms with Crippen LogP contribution in [0.1, 0.15) is 23.9 Å². The zero-order valence-corrected chi connectivity index (χ0v) is 17.2. The molecule has 0 radical (unpaired) electrons. The van der Waals surface area contributed by atoms with Crippen LogP contribution in [0.15, 0.2) is 47.2 Å². The molecule has 1 amide bonds. The Hall–Kier alpha value is -2.87. The van der Waals surface area contributed by atoms with Crippen molar-refractivity contribution < 1.29 is 14.3 Å². The van der Waals surface area contributed by atoms with E-state index in [4.69, 9.17) is 9.47 Å². The maximum Gasteiger partial charge on any atom is 0.253 e. The van der Waals surface area contributed by atoms with E-state index in [2.05, 4.69) is 27.1 Å². The molecule has 2 rings (SSSR count). The molecule has 0 unspecified atom stereocenters. The van der Waals surface area contributed by atoms with E-state index in [0.717, 1.165) is 17.0 Å². The second-order valence-corrected chi connectivity index (χ2v) is 7.25. The highest BCUT2D eigenvalue weighted by atomic mass is 32.2. The number of nitrogens with one attached hydrogen (secondary N) is 1. The van der Waals surface area contributed by atoms with Gasteiger partial charge in [-0.1, -0.05) is 24.4 Å². The van der Waals surface area contributed by atoms with Gasteiger partial charge in [0.1, 0.15) is 6.61 Å². The van der Waals surface area contributed by atoms with Crippen LogP contribution in [0.4, 0.5) is 0 Å². The molecular formula is C20H24N4O3S. The molecule has 8 heteroatoms. The van der Waals surface area contributed by atoms with Crippen LogP contribution in [0.2, 0.25) is 0 Å². The molecule has 28 heavy (non-hydrogen) atoms. The highest BCUT2D eigenvalue weighted by Gasteiger charge is 2.16. The zero-order chi connectivity index (χ0) is 20.5. The molecule has 0 saturated heterocycles. The molecule has 0 aliphatic rings. The molecular weight excluding hydrogens is 376 g/mol. The summed E-state index contributed by atoms with van der Waals surface area (Å²) in [6, 6.07) is 7.26. The number of carbonyl (C=O) groups excluding carboxylic acids is 1. The number of amides is 1. The maximum atomic E-state index is 12.2. The van der Waals surface area contributed by atoms with Crippen molar-refractivity contribution >= 4 is 23.9 Å². The van der Waals surface area contributed by atoms with E-state index in [1.165, 1.54) is 11.8 Å². The molecule has 2 aromatic rings. The number of hydrazone groups is 1. The van der Waals surface area contributed by atoms with Gasteiger partial charge in [-0.2, -0.15) is 5.10 Å². The van der Waals surface area contributed by atoms with Crippen molar-refractivity contribution in [2.75, 3.05) is 13.7 Å². The fraction of sp³-hybridized carbons (Fsp3) is 0.300. The second-order valence-electron chi connectivity index (χ2n) is 5.94. The van der Waals surface area contributed by atoms with Crippen molar-refractivity contribution in [1.82, 2.24) is 15.4 Å². The summed E-state index contributed by atoms with van der Waals surface area (Å²) in [5, 5.41) is 4.20. The molecule has 0 saturated carbocycles. The second kappa shape index (κ2) is 10.5. The van der Waals surface area contributed by atoms with Crippen molar-refractivity contribution in [3.8, 4) is 11.5 Å². The van der Waals surface area contributed by atoms with Gasteiger partial charge in [0.25, 0.3) is 5.91 Å².